The van der Waals surface area contributed by atoms with Gasteiger partial charge < -0.3 is 11.1 Å². The Morgan fingerprint density at radius 3 is 2.12 bits per heavy atom. The van der Waals surface area contributed by atoms with Gasteiger partial charge in [0.05, 0.1) is 0 Å². The van der Waals surface area contributed by atoms with E-state index in [-0.39, 0.29) is 0 Å². The standard InChI is InChI=1S/C14H30N2/c1-5-16-13(10-15)11-6-8-12(9-7-11)14(2,3)4/h11-13,16H,5-10,15H2,1-4H3. The summed E-state index contributed by atoms with van der Waals surface area (Å²) in [7, 11) is 0. The molecule has 1 fully saturated rings. The lowest BCUT2D eigenvalue weighted by molar-refractivity contribution is 0.134. The molecule has 0 aromatic rings. The van der Waals surface area contributed by atoms with Gasteiger partial charge in [-0.1, -0.05) is 27.7 Å². The van der Waals surface area contributed by atoms with Crippen LogP contribution in [0.1, 0.15) is 53.4 Å². The largest absolute Gasteiger partial charge is 0.329 e. The van der Waals surface area contributed by atoms with Gasteiger partial charge in [-0.05, 0) is 49.5 Å². The fourth-order valence-electron chi connectivity index (χ4n) is 3.09. The number of nitrogens with one attached hydrogen (secondary N) is 1. The summed E-state index contributed by atoms with van der Waals surface area (Å²) in [5.41, 5.74) is 6.34. The van der Waals surface area contributed by atoms with E-state index in [4.69, 9.17) is 5.73 Å². The van der Waals surface area contributed by atoms with Crippen molar-refractivity contribution in [2.24, 2.45) is 23.0 Å². The van der Waals surface area contributed by atoms with E-state index in [1.54, 1.807) is 0 Å². The summed E-state index contributed by atoms with van der Waals surface area (Å²) in [5, 5.41) is 3.53. The molecule has 0 aliphatic heterocycles. The second-order valence-electron chi connectivity index (χ2n) is 6.38. The molecule has 1 aliphatic rings. The van der Waals surface area contributed by atoms with E-state index in [0.29, 0.717) is 11.5 Å². The van der Waals surface area contributed by atoms with E-state index in [9.17, 15) is 0 Å². The first-order valence-corrected chi connectivity index (χ1v) is 6.92. The van der Waals surface area contributed by atoms with Crippen molar-refractivity contribution >= 4 is 0 Å². The van der Waals surface area contributed by atoms with Gasteiger partial charge in [0.15, 0.2) is 0 Å². The molecule has 0 saturated heterocycles. The van der Waals surface area contributed by atoms with Crippen LogP contribution < -0.4 is 11.1 Å². The van der Waals surface area contributed by atoms with Gasteiger partial charge in [-0.2, -0.15) is 0 Å². The van der Waals surface area contributed by atoms with Crippen LogP contribution in [0.5, 0.6) is 0 Å². The molecule has 0 heterocycles. The van der Waals surface area contributed by atoms with E-state index in [2.05, 4.69) is 33.0 Å². The van der Waals surface area contributed by atoms with Crippen LogP contribution in [0.2, 0.25) is 0 Å². The van der Waals surface area contributed by atoms with Crippen LogP contribution >= 0.6 is 0 Å². The molecular weight excluding hydrogens is 196 g/mol. The zero-order valence-corrected chi connectivity index (χ0v) is 11.6. The van der Waals surface area contributed by atoms with Crippen LogP contribution in [-0.2, 0) is 0 Å². The zero-order valence-electron chi connectivity index (χ0n) is 11.6. The van der Waals surface area contributed by atoms with E-state index < -0.39 is 0 Å². The van der Waals surface area contributed by atoms with Gasteiger partial charge in [0.2, 0.25) is 0 Å². The highest BCUT2D eigenvalue weighted by molar-refractivity contribution is 4.85. The third kappa shape index (κ3) is 3.74. The van der Waals surface area contributed by atoms with E-state index in [1.165, 1.54) is 25.7 Å². The highest BCUT2D eigenvalue weighted by Crippen LogP contribution is 2.40. The van der Waals surface area contributed by atoms with Crippen LogP contribution in [0.4, 0.5) is 0 Å². The molecule has 0 aromatic carbocycles. The highest BCUT2D eigenvalue weighted by atomic mass is 14.9. The summed E-state index contributed by atoms with van der Waals surface area (Å²) in [6.45, 7) is 11.1. The SMILES string of the molecule is CCNC(CN)C1CCC(C(C)(C)C)CC1. The predicted octanol–water partition coefficient (Wildman–Crippen LogP) is 2.78. The summed E-state index contributed by atoms with van der Waals surface area (Å²) < 4.78 is 0. The summed E-state index contributed by atoms with van der Waals surface area (Å²) in [5.74, 6) is 1.72. The summed E-state index contributed by atoms with van der Waals surface area (Å²) >= 11 is 0. The molecule has 1 atom stereocenters. The maximum atomic E-state index is 5.85. The van der Waals surface area contributed by atoms with Gasteiger partial charge in [0, 0.05) is 12.6 Å². The molecule has 0 aromatic heterocycles. The lowest BCUT2D eigenvalue weighted by atomic mass is 9.68. The molecule has 96 valence electrons. The Hall–Kier alpha value is -0.0800. The van der Waals surface area contributed by atoms with Crippen molar-refractivity contribution in [3.05, 3.63) is 0 Å². The Morgan fingerprint density at radius 1 is 1.19 bits per heavy atom. The molecule has 3 N–H and O–H groups in total. The fraction of sp³-hybridized carbons (Fsp3) is 1.00. The van der Waals surface area contributed by atoms with Gasteiger partial charge in [-0.15, -0.1) is 0 Å². The average Bonchev–Trinajstić information content (AvgIpc) is 2.25. The monoisotopic (exact) mass is 226 g/mol. The lowest BCUT2D eigenvalue weighted by Crippen LogP contribution is -2.44. The highest BCUT2D eigenvalue weighted by Gasteiger charge is 2.32. The van der Waals surface area contributed by atoms with Crippen molar-refractivity contribution in [2.75, 3.05) is 13.1 Å². The van der Waals surface area contributed by atoms with E-state index in [1.807, 2.05) is 0 Å². The smallest absolute Gasteiger partial charge is 0.0218 e. The molecule has 2 nitrogen and oxygen atoms in total. The Labute approximate surface area is 101 Å². The molecule has 0 amide bonds. The van der Waals surface area contributed by atoms with Gasteiger partial charge in [0.25, 0.3) is 0 Å². The van der Waals surface area contributed by atoms with Crippen LogP contribution in [-0.4, -0.2) is 19.1 Å². The maximum Gasteiger partial charge on any atom is 0.0218 e. The second-order valence-corrected chi connectivity index (χ2v) is 6.38. The van der Waals surface area contributed by atoms with Crippen molar-refractivity contribution in [1.82, 2.24) is 5.32 Å². The lowest BCUT2D eigenvalue weighted by Gasteiger charge is -2.39. The van der Waals surface area contributed by atoms with Crippen molar-refractivity contribution in [2.45, 2.75) is 59.4 Å². The first-order chi connectivity index (χ1) is 7.49. The molecular formula is C14H30N2. The number of hydrogen-bond acceptors (Lipinski definition) is 2. The van der Waals surface area contributed by atoms with Crippen molar-refractivity contribution in [3.8, 4) is 0 Å². The van der Waals surface area contributed by atoms with Crippen molar-refractivity contribution in [1.29, 1.82) is 0 Å². The van der Waals surface area contributed by atoms with Gasteiger partial charge in [0.1, 0.15) is 0 Å². The Kier molecular flexibility index (Phi) is 5.26. The average molecular weight is 226 g/mol. The molecule has 0 bridgehead atoms. The Balaban J connectivity index is 2.41. The minimum atomic E-state index is 0.487. The number of rotatable bonds is 4. The molecule has 2 heteroatoms. The van der Waals surface area contributed by atoms with Crippen LogP contribution in [0.3, 0.4) is 0 Å². The summed E-state index contributed by atoms with van der Waals surface area (Å²) in [4.78, 5) is 0. The molecule has 0 spiro atoms. The van der Waals surface area contributed by atoms with Crippen LogP contribution in [0.25, 0.3) is 0 Å². The maximum absolute atomic E-state index is 5.85. The summed E-state index contributed by atoms with van der Waals surface area (Å²) in [6, 6.07) is 0.547. The quantitative estimate of drug-likeness (QED) is 0.773. The third-order valence-corrected chi connectivity index (χ3v) is 4.29. The zero-order chi connectivity index (χ0) is 12.2. The summed E-state index contributed by atoms with van der Waals surface area (Å²) in [6.07, 6.45) is 5.49. The molecule has 16 heavy (non-hydrogen) atoms. The Morgan fingerprint density at radius 2 is 1.75 bits per heavy atom. The van der Waals surface area contributed by atoms with Crippen molar-refractivity contribution < 1.29 is 0 Å². The number of nitrogens with two attached hydrogens (primary N) is 1. The van der Waals surface area contributed by atoms with E-state index >= 15 is 0 Å². The topological polar surface area (TPSA) is 38.0 Å². The molecule has 1 rings (SSSR count). The first kappa shape index (κ1) is 14.0. The number of hydrogen-bond donors (Lipinski definition) is 2. The van der Waals surface area contributed by atoms with Crippen LogP contribution in [0, 0.1) is 17.3 Å². The molecule has 1 aliphatic carbocycles. The first-order valence-electron chi connectivity index (χ1n) is 6.92. The minimum absolute atomic E-state index is 0.487. The normalized spacial score (nSPS) is 29.1. The van der Waals surface area contributed by atoms with Crippen LogP contribution in [0.15, 0.2) is 0 Å². The van der Waals surface area contributed by atoms with Gasteiger partial charge in [-0.25, -0.2) is 0 Å². The van der Waals surface area contributed by atoms with Gasteiger partial charge >= 0.3 is 0 Å². The van der Waals surface area contributed by atoms with Crippen molar-refractivity contribution in [3.63, 3.8) is 0 Å². The predicted molar refractivity (Wildman–Crippen MR) is 71.4 cm³/mol. The fourth-order valence-corrected chi connectivity index (χ4v) is 3.09. The number of likely N-dealkylation sites (N-methyl/N-ethyl adjacent to an activating group) is 1. The van der Waals surface area contributed by atoms with Gasteiger partial charge in [-0.3, -0.25) is 0 Å². The molecule has 1 saturated carbocycles. The molecule has 1 unspecified atom stereocenters. The Bertz CT molecular complexity index is 187. The van der Waals surface area contributed by atoms with E-state index in [0.717, 1.165) is 24.9 Å². The third-order valence-electron chi connectivity index (χ3n) is 4.29. The molecule has 0 radical (unpaired) electrons. The second kappa shape index (κ2) is 6.02. The minimum Gasteiger partial charge on any atom is -0.329 e.